The van der Waals surface area contributed by atoms with Gasteiger partial charge in [0.05, 0.1) is 0 Å². The van der Waals surface area contributed by atoms with Crippen LogP contribution in [0.2, 0.25) is 0 Å². The number of hydrogen-bond donors (Lipinski definition) is 2. The predicted octanol–water partition coefficient (Wildman–Crippen LogP) is 4.76. The van der Waals surface area contributed by atoms with Crippen LogP contribution in [0, 0.1) is 6.92 Å². The minimum absolute atomic E-state index is 0.164. The third kappa shape index (κ3) is 5.19. The molecule has 3 rings (SSSR count). The van der Waals surface area contributed by atoms with Crippen molar-refractivity contribution in [3.8, 4) is 0 Å². The van der Waals surface area contributed by atoms with Crippen molar-refractivity contribution in [2.45, 2.75) is 20.8 Å². The number of aryl methyl sites for hydroxylation is 1. The number of carbonyl (C=O) groups excluding carboxylic acids is 2. The Kier molecular flexibility index (Phi) is 6.24. The molecule has 1 heterocycles. The summed E-state index contributed by atoms with van der Waals surface area (Å²) in [6.45, 7) is 6.26. The molecule has 0 aliphatic rings. The molecule has 2 aromatic carbocycles. The maximum atomic E-state index is 12.8. The van der Waals surface area contributed by atoms with Crippen LogP contribution in [0.5, 0.6) is 0 Å². The zero-order valence-corrected chi connectivity index (χ0v) is 16.8. The smallest absolute Gasteiger partial charge is 0.255 e. The summed E-state index contributed by atoms with van der Waals surface area (Å²) in [6.07, 6.45) is 1.64. The zero-order valence-electron chi connectivity index (χ0n) is 16.8. The zero-order chi connectivity index (χ0) is 20.8. The van der Waals surface area contributed by atoms with Crippen LogP contribution in [-0.2, 0) is 4.79 Å². The number of pyridine rings is 1. The first kappa shape index (κ1) is 20.1. The van der Waals surface area contributed by atoms with Crippen LogP contribution in [0.25, 0.3) is 0 Å². The molecule has 0 spiro atoms. The van der Waals surface area contributed by atoms with E-state index in [0.29, 0.717) is 22.8 Å². The first-order valence-corrected chi connectivity index (χ1v) is 9.45. The monoisotopic (exact) mass is 388 g/mol. The number of anilines is 4. The van der Waals surface area contributed by atoms with Gasteiger partial charge < -0.3 is 15.5 Å². The molecule has 2 N–H and O–H groups in total. The van der Waals surface area contributed by atoms with Gasteiger partial charge in [-0.25, -0.2) is 4.98 Å². The van der Waals surface area contributed by atoms with Crippen molar-refractivity contribution in [1.29, 1.82) is 0 Å². The maximum absolute atomic E-state index is 12.8. The van der Waals surface area contributed by atoms with Gasteiger partial charge in [-0.15, -0.1) is 0 Å². The normalized spacial score (nSPS) is 10.3. The number of aromatic nitrogens is 1. The van der Waals surface area contributed by atoms with Crippen molar-refractivity contribution < 1.29 is 9.59 Å². The summed E-state index contributed by atoms with van der Waals surface area (Å²) in [4.78, 5) is 30.5. The fraction of sp³-hybridized carbons (Fsp3) is 0.174. The average Bonchev–Trinajstić information content (AvgIpc) is 2.69. The summed E-state index contributed by atoms with van der Waals surface area (Å²) in [5, 5.41) is 5.57. The van der Waals surface area contributed by atoms with Gasteiger partial charge in [0.25, 0.3) is 5.91 Å². The summed E-state index contributed by atoms with van der Waals surface area (Å²) in [6, 6.07) is 18.7. The molecule has 6 heteroatoms. The number of hydrogen-bond acceptors (Lipinski definition) is 4. The molecule has 0 aliphatic carbocycles. The molecule has 0 aliphatic heterocycles. The Morgan fingerprint density at radius 1 is 0.966 bits per heavy atom. The molecular weight excluding hydrogens is 364 g/mol. The topological polar surface area (TPSA) is 74.3 Å². The number of amides is 2. The van der Waals surface area contributed by atoms with Gasteiger partial charge in [0.15, 0.2) is 0 Å². The van der Waals surface area contributed by atoms with E-state index in [-0.39, 0.29) is 11.8 Å². The van der Waals surface area contributed by atoms with Crippen LogP contribution < -0.4 is 15.5 Å². The molecule has 3 aromatic rings. The van der Waals surface area contributed by atoms with Crippen LogP contribution in [-0.4, -0.2) is 23.3 Å². The molecule has 1 aromatic heterocycles. The third-order valence-corrected chi connectivity index (χ3v) is 4.35. The van der Waals surface area contributed by atoms with Crippen LogP contribution in [0.1, 0.15) is 29.8 Å². The van der Waals surface area contributed by atoms with E-state index in [2.05, 4.69) is 26.6 Å². The van der Waals surface area contributed by atoms with Crippen LogP contribution >= 0.6 is 0 Å². The lowest BCUT2D eigenvalue weighted by Gasteiger charge is -2.23. The summed E-state index contributed by atoms with van der Waals surface area (Å²) >= 11 is 0. The van der Waals surface area contributed by atoms with Gasteiger partial charge in [-0.3, -0.25) is 9.59 Å². The van der Waals surface area contributed by atoms with Gasteiger partial charge in [-0.1, -0.05) is 18.2 Å². The minimum atomic E-state index is -0.242. The highest BCUT2D eigenvalue weighted by molar-refractivity contribution is 6.05. The van der Waals surface area contributed by atoms with Crippen molar-refractivity contribution in [2.75, 3.05) is 22.1 Å². The van der Waals surface area contributed by atoms with E-state index in [4.69, 9.17) is 0 Å². The van der Waals surface area contributed by atoms with Gasteiger partial charge in [-0.2, -0.15) is 0 Å². The second kappa shape index (κ2) is 9.01. The van der Waals surface area contributed by atoms with Gasteiger partial charge in [0.2, 0.25) is 5.91 Å². The predicted molar refractivity (Wildman–Crippen MR) is 117 cm³/mol. The lowest BCUT2D eigenvalue weighted by Crippen LogP contribution is -2.19. The van der Waals surface area contributed by atoms with Crippen molar-refractivity contribution in [2.24, 2.45) is 0 Å². The molecule has 148 valence electrons. The Labute approximate surface area is 170 Å². The van der Waals surface area contributed by atoms with E-state index in [0.717, 1.165) is 17.8 Å². The Morgan fingerprint density at radius 2 is 1.69 bits per heavy atom. The molecule has 2 amide bonds. The van der Waals surface area contributed by atoms with Gasteiger partial charge in [0, 0.05) is 42.3 Å². The molecule has 29 heavy (non-hydrogen) atoms. The highest BCUT2D eigenvalue weighted by atomic mass is 16.2. The fourth-order valence-electron chi connectivity index (χ4n) is 3.06. The first-order valence-electron chi connectivity index (χ1n) is 9.45. The first-order chi connectivity index (χ1) is 14.0. The summed E-state index contributed by atoms with van der Waals surface area (Å²) in [5.41, 5.74) is 3.92. The van der Waals surface area contributed by atoms with Crippen LogP contribution in [0.3, 0.4) is 0 Å². The molecule has 0 saturated carbocycles. The van der Waals surface area contributed by atoms with Crippen molar-refractivity contribution in [1.82, 2.24) is 4.98 Å². The largest absolute Gasteiger partial charge is 0.327 e. The number of carbonyl (C=O) groups is 2. The van der Waals surface area contributed by atoms with Crippen molar-refractivity contribution in [3.05, 3.63) is 78.0 Å². The number of rotatable bonds is 6. The fourth-order valence-corrected chi connectivity index (χ4v) is 3.06. The summed E-state index contributed by atoms with van der Waals surface area (Å²) in [5.74, 6) is 0.301. The molecule has 6 nitrogen and oxygen atoms in total. The molecule has 0 bridgehead atoms. The lowest BCUT2D eigenvalue weighted by molar-refractivity contribution is -0.114. The SMILES string of the molecule is CCN(c1cccc(C)c1)c1cc(C(=O)Nc2cccc(NC(C)=O)c2)ccn1. The Bertz CT molecular complexity index is 1030. The Hall–Kier alpha value is -3.67. The number of benzene rings is 2. The van der Waals surface area contributed by atoms with E-state index >= 15 is 0 Å². The third-order valence-electron chi connectivity index (χ3n) is 4.35. The number of nitrogens with zero attached hydrogens (tertiary/aromatic N) is 2. The summed E-state index contributed by atoms with van der Waals surface area (Å²) in [7, 11) is 0. The molecule has 0 saturated heterocycles. The molecule has 0 fully saturated rings. The molecule has 0 radical (unpaired) electrons. The maximum Gasteiger partial charge on any atom is 0.255 e. The highest BCUT2D eigenvalue weighted by Crippen LogP contribution is 2.25. The molecule has 0 atom stereocenters. The van der Waals surface area contributed by atoms with E-state index in [1.54, 1.807) is 42.6 Å². The van der Waals surface area contributed by atoms with E-state index in [1.807, 2.05) is 32.0 Å². The van der Waals surface area contributed by atoms with Crippen LogP contribution in [0.15, 0.2) is 66.9 Å². The highest BCUT2D eigenvalue weighted by Gasteiger charge is 2.13. The standard InChI is InChI=1S/C23H24N4O2/c1-4-27(21-10-5-7-16(2)13-21)22-14-18(11-12-24-22)23(29)26-20-9-6-8-19(15-20)25-17(3)28/h5-15H,4H2,1-3H3,(H,25,28)(H,26,29). The second-order valence-electron chi connectivity index (χ2n) is 6.70. The quantitative estimate of drug-likeness (QED) is 0.638. The minimum Gasteiger partial charge on any atom is -0.327 e. The van der Waals surface area contributed by atoms with Gasteiger partial charge >= 0.3 is 0 Å². The molecule has 0 unspecified atom stereocenters. The van der Waals surface area contributed by atoms with E-state index in [9.17, 15) is 9.59 Å². The van der Waals surface area contributed by atoms with Crippen molar-refractivity contribution in [3.63, 3.8) is 0 Å². The molecular formula is C23H24N4O2. The second-order valence-corrected chi connectivity index (χ2v) is 6.70. The lowest BCUT2D eigenvalue weighted by atomic mass is 10.2. The van der Waals surface area contributed by atoms with E-state index < -0.39 is 0 Å². The Morgan fingerprint density at radius 3 is 2.38 bits per heavy atom. The van der Waals surface area contributed by atoms with Gasteiger partial charge in [-0.05, 0) is 61.9 Å². The van der Waals surface area contributed by atoms with E-state index in [1.165, 1.54) is 6.92 Å². The Balaban J connectivity index is 1.81. The summed E-state index contributed by atoms with van der Waals surface area (Å²) < 4.78 is 0. The van der Waals surface area contributed by atoms with Crippen LogP contribution in [0.4, 0.5) is 22.9 Å². The average molecular weight is 388 g/mol. The van der Waals surface area contributed by atoms with Crippen molar-refractivity contribution >= 4 is 34.7 Å². The van der Waals surface area contributed by atoms with Gasteiger partial charge in [0.1, 0.15) is 5.82 Å². The number of nitrogens with one attached hydrogen (secondary N) is 2.